The Morgan fingerprint density at radius 3 is 2.60 bits per heavy atom. The van der Waals surface area contributed by atoms with E-state index in [1.165, 1.54) is 5.56 Å². The van der Waals surface area contributed by atoms with Gasteiger partial charge in [-0.3, -0.25) is 4.79 Å². The topological polar surface area (TPSA) is 50.4 Å². The van der Waals surface area contributed by atoms with Crippen LogP contribution in [0.1, 0.15) is 18.4 Å². The number of halogens is 1. The van der Waals surface area contributed by atoms with Crippen LogP contribution in [0, 0.1) is 0 Å². The van der Waals surface area contributed by atoms with Gasteiger partial charge in [0.05, 0.1) is 6.61 Å². The van der Waals surface area contributed by atoms with E-state index < -0.39 is 0 Å². The third kappa shape index (κ3) is 9.78. The molecule has 20 heavy (non-hydrogen) atoms. The monoisotopic (exact) mass is 300 g/mol. The number of hydrogen-bond acceptors (Lipinski definition) is 3. The Morgan fingerprint density at radius 1 is 1.15 bits per heavy atom. The second kappa shape index (κ2) is 12.9. The molecule has 0 bridgehead atoms. The summed E-state index contributed by atoms with van der Waals surface area (Å²) in [6.07, 6.45) is 2.44. The van der Waals surface area contributed by atoms with Gasteiger partial charge in [-0.25, -0.2) is 0 Å². The molecular formula is C15H25ClN2O2. The number of aryl methyl sites for hydroxylation is 1. The normalized spacial score (nSPS) is 9.85. The highest BCUT2D eigenvalue weighted by atomic mass is 35.5. The first-order valence-corrected chi connectivity index (χ1v) is 6.83. The molecule has 4 nitrogen and oxygen atoms in total. The number of amides is 1. The Bertz CT molecular complexity index is 347. The largest absolute Gasteiger partial charge is 0.383 e. The molecule has 0 unspecified atom stereocenters. The lowest BCUT2D eigenvalue weighted by molar-refractivity contribution is -0.121. The van der Waals surface area contributed by atoms with Gasteiger partial charge in [-0.1, -0.05) is 30.3 Å². The van der Waals surface area contributed by atoms with Crippen molar-refractivity contribution in [2.75, 3.05) is 33.4 Å². The molecule has 0 aliphatic carbocycles. The predicted molar refractivity (Wildman–Crippen MR) is 84.4 cm³/mol. The average molecular weight is 301 g/mol. The standard InChI is InChI=1S/C15H24N2O2.ClH/c1-19-13-12-16-10-11-17-15(18)9-5-8-14-6-3-2-4-7-14;/h2-4,6-7,16H,5,8-13H2,1H3,(H,17,18);1H. The molecule has 0 aromatic heterocycles. The van der Waals surface area contributed by atoms with Gasteiger partial charge < -0.3 is 15.4 Å². The van der Waals surface area contributed by atoms with Crippen LogP contribution in [-0.2, 0) is 16.0 Å². The molecule has 2 N–H and O–H groups in total. The SMILES string of the molecule is COCCNCCNC(=O)CCCc1ccccc1.Cl. The van der Waals surface area contributed by atoms with Gasteiger partial charge in [0.25, 0.3) is 0 Å². The maximum absolute atomic E-state index is 11.6. The van der Waals surface area contributed by atoms with Crippen LogP contribution in [0.5, 0.6) is 0 Å². The van der Waals surface area contributed by atoms with Crippen LogP contribution in [0.25, 0.3) is 0 Å². The minimum Gasteiger partial charge on any atom is -0.383 e. The Balaban J connectivity index is 0.00000361. The van der Waals surface area contributed by atoms with E-state index in [0.29, 0.717) is 19.6 Å². The third-order valence-corrected chi connectivity index (χ3v) is 2.82. The molecule has 0 radical (unpaired) electrons. The smallest absolute Gasteiger partial charge is 0.220 e. The van der Waals surface area contributed by atoms with Gasteiger partial charge in [-0.2, -0.15) is 0 Å². The number of rotatable bonds is 10. The van der Waals surface area contributed by atoms with E-state index in [2.05, 4.69) is 22.8 Å². The van der Waals surface area contributed by atoms with Gasteiger partial charge in [-0.15, -0.1) is 12.4 Å². The quantitative estimate of drug-likeness (QED) is 0.648. The molecule has 0 fully saturated rings. The number of methoxy groups -OCH3 is 1. The molecule has 1 amide bonds. The Labute approximate surface area is 127 Å². The van der Waals surface area contributed by atoms with E-state index in [1.54, 1.807) is 7.11 Å². The van der Waals surface area contributed by atoms with Crippen LogP contribution in [0.4, 0.5) is 0 Å². The van der Waals surface area contributed by atoms with Crippen molar-refractivity contribution in [3.05, 3.63) is 35.9 Å². The third-order valence-electron chi connectivity index (χ3n) is 2.82. The summed E-state index contributed by atoms with van der Waals surface area (Å²) in [5.74, 6) is 0.129. The van der Waals surface area contributed by atoms with Crippen molar-refractivity contribution in [2.24, 2.45) is 0 Å². The highest BCUT2D eigenvalue weighted by Crippen LogP contribution is 2.04. The molecule has 0 heterocycles. The maximum Gasteiger partial charge on any atom is 0.220 e. The van der Waals surface area contributed by atoms with Crippen LogP contribution in [-0.4, -0.2) is 39.3 Å². The zero-order valence-electron chi connectivity index (χ0n) is 12.1. The van der Waals surface area contributed by atoms with Gasteiger partial charge >= 0.3 is 0 Å². The Morgan fingerprint density at radius 2 is 1.90 bits per heavy atom. The number of carbonyl (C=O) groups is 1. The van der Waals surface area contributed by atoms with E-state index in [1.807, 2.05) is 18.2 Å². The zero-order chi connectivity index (χ0) is 13.8. The first-order valence-electron chi connectivity index (χ1n) is 6.83. The first kappa shape index (κ1) is 18.9. The summed E-state index contributed by atoms with van der Waals surface area (Å²) in [6, 6.07) is 10.3. The molecule has 0 aliphatic heterocycles. The van der Waals surface area contributed by atoms with Crippen molar-refractivity contribution < 1.29 is 9.53 Å². The molecule has 1 rings (SSSR count). The van der Waals surface area contributed by atoms with Crippen LogP contribution < -0.4 is 10.6 Å². The lowest BCUT2D eigenvalue weighted by atomic mass is 10.1. The lowest BCUT2D eigenvalue weighted by Gasteiger charge is -2.06. The van der Waals surface area contributed by atoms with Gasteiger partial charge in [0.2, 0.25) is 5.91 Å². The second-order valence-corrected chi connectivity index (χ2v) is 4.43. The van der Waals surface area contributed by atoms with Crippen molar-refractivity contribution in [2.45, 2.75) is 19.3 Å². The first-order chi connectivity index (χ1) is 9.33. The molecule has 1 aromatic carbocycles. The van der Waals surface area contributed by atoms with Gasteiger partial charge in [0.1, 0.15) is 0 Å². The van der Waals surface area contributed by atoms with Gasteiger partial charge in [0, 0.05) is 33.2 Å². The molecule has 0 saturated carbocycles. The maximum atomic E-state index is 11.6. The van der Waals surface area contributed by atoms with E-state index in [4.69, 9.17) is 4.74 Å². The van der Waals surface area contributed by atoms with Gasteiger partial charge in [-0.05, 0) is 18.4 Å². The highest BCUT2D eigenvalue weighted by Gasteiger charge is 2.00. The summed E-state index contributed by atoms with van der Waals surface area (Å²) in [6.45, 7) is 2.98. The van der Waals surface area contributed by atoms with Crippen molar-refractivity contribution >= 4 is 18.3 Å². The summed E-state index contributed by atoms with van der Waals surface area (Å²) >= 11 is 0. The van der Waals surface area contributed by atoms with Crippen molar-refractivity contribution in [3.8, 4) is 0 Å². The van der Waals surface area contributed by atoms with E-state index in [9.17, 15) is 4.79 Å². The average Bonchev–Trinajstić information content (AvgIpc) is 2.44. The van der Waals surface area contributed by atoms with Crippen LogP contribution in [0.15, 0.2) is 30.3 Å². The van der Waals surface area contributed by atoms with Crippen LogP contribution in [0.3, 0.4) is 0 Å². The molecule has 0 spiro atoms. The van der Waals surface area contributed by atoms with E-state index in [0.717, 1.165) is 25.9 Å². The zero-order valence-corrected chi connectivity index (χ0v) is 12.9. The van der Waals surface area contributed by atoms with E-state index >= 15 is 0 Å². The highest BCUT2D eigenvalue weighted by molar-refractivity contribution is 5.85. The van der Waals surface area contributed by atoms with Crippen molar-refractivity contribution in [3.63, 3.8) is 0 Å². The predicted octanol–water partition coefficient (Wildman–Crippen LogP) is 1.78. The minimum absolute atomic E-state index is 0. The molecule has 0 saturated heterocycles. The fourth-order valence-corrected chi connectivity index (χ4v) is 1.78. The molecule has 1 aromatic rings. The molecular weight excluding hydrogens is 276 g/mol. The molecule has 5 heteroatoms. The summed E-state index contributed by atoms with van der Waals surface area (Å²) in [7, 11) is 1.68. The Hall–Kier alpha value is -1.10. The fourth-order valence-electron chi connectivity index (χ4n) is 1.78. The number of nitrogens with one attached hydrogen (secondary N) is 2. The fraction of sp³-hybridized carbons (Fsp3) is 0.533. The summed E-state index contributed by atoms with van der Waals surface area (Å²) in [4.78, 5) is 11.6. The lowest BCUT2D eigenvalue weighted by Crippen LogP contribution is -2.32. The molecule has 0 atom stereocenters. The van der Waals surface area contributed by atoms with Gasteiger partial charge in [0.15, 0.2) is 0 Å². The minimum atomic E-state index is 0. The number of hydrogen-bond donors (Lipinski definition) is 2. The van der Waals surface area contributed by atoms with Crippen LogP contribution in [0.2, 0.25) is 0 Å². The summed E-state index contributed by atoms with van der Waals surface area (Å²) in [5.41, 5.74) is 1.29. The summed E-state index contributed by atoms with van der Waals surface area (Å²) < 4.78 is 4.91. The number of carbonyl (C=O) groups excluding carboxylic acids is 1. The molecule has 114 valence electrons. The van der Waals surface area contributed by atoms with Crippen LogP contribution >= 0.6 is 12.4 Å². The van der Waals surface area contributed by atoms with Crippen molar-refractivity contribution in [1.29, 1.82) is 0 Å². The van der Waals surface area contributed by atoms with Crippen molar-refractivity contribution in [1.82, 2.24) is 10.6 Å². The number of benzene rings is 1. The second-order valence-electron chi connectivity index (χ2n) is 4.43. The molecule has 0 aliphatic rings. The Kier molecular flexibility index (Phi) is 12.2. The number of ether oxygens (including phenoxy) is 1. The summed E-state index contributed by atoms with van der Waals surface area (Å²) in [5, 5.41) is 6.09. The van der Waals surface area contributed by atoms with E-state index in [-0.39, 0.29) is 18.3 Å².